The smallest absolute Gasteiger partial charge is 0.163 e. The molecule has 0 saturated heterocycles. The van der Waals surface area contributed by atoms with Gasteiger partial charge in [-0.2, -0.15) is 0 Å². The largest absolute Gasteiger partial charge is 0.389 e. The van der Waals surface area contributed by atoms with Gasteiger partial charge in [-0.3, -0.25) is 14.4 Å². The van der Waals surface area contributed by atoms with Crippen LogP contribution >= 0.6 is 34.0 Å². The molecule has 0 aliphatic heterocycles. The summed E-state index contributed by atoms with van der Waals surface area (Å²) in [6.07, 6.45) is 0.253. The summed E-state index contributed by atoms with van der Waals surface area (Å²) in [5.74, 6) is 18.3. The standard InChI is InChI=1S/C24H26N4O3S.2C22H22N4O3S/c1-12(2)26-18-9-15(6-8-16-7-5-13(3)32-16)27-23-19(18)25-11-28(23)20-17-10-24(17,14(4)29)22(31)21(20)30;2*1-11-4-6-14(30-11)7-5-13-8-16(23-3)17-21(25-13)26(10-24-17)18-15-9-22(15,12(2)27)20(29)19(18)28/h5,7,9,11-12,17,20-22,30-31H,10H2,1-4H3,(H,26,27);2*4,6,8,10,15,18-20,28-29H,9H2,1-3H3,(H,23,25)/t17?,20-,21+,22?,24+;2*15?,18-,19+,20?,22+/m111/s1. The van der Waals surface area contributed by atoms with Crippen molar-refractivity contribution >= 4 is 102 Å². The van der Waals surface area contributed by atoms with Crippen LogP contribution in [-0.4, -0.2) is 148 Å². The molecular formula is C68H70N12O9S3. The minimum Gasteiger partial charge on any atom is -0.389 e. The summed E-state index contributed by atoms with van der Waals surface area (Å²) >= 11 is 4.89. The normalized spacial score (nSPS) is 29.1. The molecule has 0 aromatic carbocycles. The molecule has 6 saturated carbocycles. The number of nitrogens with one attached hydrogen (secondary N) is 3. The number of hydrogen-bond donors (Lipinski definition) is 9. The molecule has 15 rings (SSSR count). The van der Waals surface area contributed by atoms with Gasteiger partial charge in [-0.15, -0.1) is 34.0 Å². The van der Waals surface area contributed by atoms with Gasteiger partial charge in [-0.1, -0.05) is 0 Å². The Hall–Kier alpha value is -8.19. The fourth-order valence-corrected chi connectivity index (χ4v) is 17.0. The molecule has 0 spiro atoms. The highest BCUT2D eigenvalue weighted by molar-refractivity contribution is 7.13. The van der Waals surface area contributed by atoms with Crippen molar-refractivity contribution in [3.05, 3.63) is 120 Å². The molecule has 9 aromatic heterocycles. The summed E-state index contributed by atoms with van der Waals surface area (Å²) in [4.78, 5) is 70.8. The minimum absolute atomic E-state index is 0.0751. The van der Waals surface area contributed by atoms with E-state index in [1.807, 2.05) is 108 Å². The van der Waals surface area contributed by atoms with Gasteiger partial charge in [-0.05, 0) is 183 Å². The predicted octanol–water partition coefficient (Wildman–Crippen LogP) is 7.12. The van der Waals surface area contributed by atoms with Crippen molar-refractivity contribution in [1.82, 2.24) is 43.6 Å². The summed E-state index contributed by atoms with van der Waals surface area (Å²) in [6, 6.07) is 16.5. The topological polar surface area (TPSA) is 301 Å². The van der Waals surface area contributed by atoms with Crippen LogP contribution in [0.4, 0.5) is 17.1 Å². The van der Waals surface area contributed by atoms with Crippen LogP contribution in [-0.2, 0) is 14.4 Å². The van der Waals surface area contributed by atoms with Crippen LogP contribution < -0.4 is 16.0 Å². The fraction of sp³-hybridized carbons (Fsp3) is 0.426. The highest BCUT2D eigenvalue weighted by Gasteiger charge is 2.76. The van der Waals surface area contributed by atoms with Crippen LogP contribution in [0.1, 0.15) is 118 Å². The number of aliphatic hydroxyl groups excluding tert-OH is 6. The Balaban J connectivity index is 0.000000126. The van der Waals surface area contributed by atoms with E-state index < -0.39 is 71.0 Å². The van der Waals surface area contributed by atoms with Gasteiger partial charge >= 0.3 is 0 Å². The number of rotatable bonds is 10. The van der Waals surface area contributed by atoms with Gasteiger partial charge in [0.25, 0.3) is 0 Å². The zero-order valence-electron chi connectivity index (χ0n) is 52.2. The van der Waals surface area contributed by atoms with Crippen molar-refractivity contribution in [2.75, 3.05) is 30.0 Å². The maximum atomic E-state index is 12.3. The van der Waals surface area contributed by atoms with Crippen molar-refractivity contribution in [3.63, 3.8) is 0 Å². The number of pyridine rings is 3. The number of carbonyl (C=O) groups is 3. The summed E-state index contributed by atoms with van der Waals surface area (Å²) < 4.78 is 5.41. The number of Topliss-reactive ketones (excluding diaryl/α,β-unsaturated/α-hetero) is 3. The summed E-state index contributed by atoms with van der Waals surface area (Å²) in [7, 11) is 3.62. The van der Waals surface area contributed by atoms with E-state index in [4.69, 9.17) is 15.0 Å². The average Bonchev–Trinajstić information content (AvgIpc) is 1.53. The third-order valence-electron chi connectivity index (χ3n) is 19.7. The third kappa shape index (κ3) is 10.3. The van der Waals surface area contributed by atoms with Gasteiger partial charge in [0.2, 0.25) is 0 Å². The fourth-order valence-electron chi connectivity index (χ4n) is 14.9. The number of aromatic nitrogens is 9. The van der Waals surface area contributed by atoms with Crippen molar-refractivity contribution in [3.8, 4) is 35.5 Å². The molecule has 0 radical (unpaired) electrons. The predicted molar refractivity (Wildman–Crippen MR) is 352 cm³/mol. The van der Waals surface area contributed by atoms with E-state index in [2.05, 4.69) is 66.4 Å². The molecule has 24 heteroatoms. The SMILES string of the molecule is CC(=O)[C@@]12CC1[C@@H](n1cnc3c(NC(C)C)cc(C#Cc4ccc(C)s4)nc31)[C@H](O)C2O.CNc1cc(C#Cc2ccc(C)s2)nc2c1ncn2[C@@H]1C2C[C@@]2(C(C)=O)C(O)[C@H]1O.CNc1cc(C#Cc2ccc(C)s2)nc2c1ncn2[C@@H]1C2C[C@@]2(C(C)=O)C(O)[C@H]1O. The van der Waals surface area contributed by atoms with E-state index in [0.717, 1.165) is 31.7 Å². The Morgan fingerprint density at radius 3 is 1.03 bits per heavy atom. The first-order chi connectivity index (χ1) is 43.9. The first kappa shape index (κ1) is 62.6. The molecule has 6 unspecified atom stereocenters. The quantitative estimate of drug-likeness (QED) is 0.0616. The number of anilines is 3. The molecule has 0 bridgehead atoms. The number of thiophene rings is 3. The van der Waals surface area contributed by atoms with Crippen LogP contribution in [0, 0.1) is 90.3 Å². The lowest BCUT2D eigenvalue weighted by molar-refractivity contribution is -0.128. The lowest BCUT2D eigenvalue weighted by Gasteiger charge is -2.23. The van der Waals surface area contributed by atoms with Gasteiger partial charge in [0.15, 0.2) is 16.9 Å². The van der Waals surface area contributed by atoms with E-state index in [1.54, 1.807) is 62.1 Å². The number of hydrogen-bond acceptors (Lipinski definition) is 21. The Kier molecular flexibility index (Phi) is 15.9. The molecule has 9 N–H and O–H groups in total. The van der Waals surface area contributed by atoms with Crippen LogP contribution in [0.3, 0.4) is 0 Å². The van der Waals surface area contributed by atoms with Crippen molar-refractivity contribution in [1.29, 1.82) is 0 Å². The highest BCUT2D eigenvalue weighted by Crippen LogP contribution is 2.70. The minimum atomic E-state index is -1.08. The molecule has 21 nitrogen and oxygen atoms in total. The summed E-state index contributed by atoms with van der Waals surface area (Å²) in [6.45, 7) is 14.7. The average molecular weight is 1300 g/mol. The van der Waals surface area contributed by atoms with E-state index in [9.17, 15) is 45.0 Å². The number of aryl methyl sites for hydroxylation is 3. The Bertz CT molecular complexity index is 4490. The Morgan fingerprint density at radius 2 is 0.783 bits per heavy atom. The van der Waals surface area contributed by atoms with E-state index in [0.29, 0.717) is 69.8 Å². The van der Waals surface area contributed by atoms with Gasteiger partial charge < -0.3 is 60.3 Å². The first-order valence-electron chi connectivity index (χ1n) is 30.6. The molecule has 6 fully saturated rings. The lowest BCUT2D eigenvalue weighted by atomic mass is 9.95. The first-order valence-corrected chi connectivity index (χ1v) is 33.0. The number of ketones is 3. The number of carbonyl (C=O) groups excluding carboxylic acids is 3. The van der Waals surface area contributed by atoms with Crippen LogP contribution in [0.2, 0.25) is 0 Å². The number of aliphatic hydroxyl groups is 6. The van der Waals surface area contributed by atoms with Crippen molar-refractivity contribution in [2.45, 2.75) is 135 Å². The maximum Gasteiger partial charge on any atom is 0.163 e. The number of fused-ring (bicyclic) bond motifs is 6. The molecule has 9 heterocycles. The van der Waals surface area contributed by atoms with Crippen LogP contribution in [0.15, 0.2) is 73.6 Å². The molecule has 15 atom stereocenters. The van der Waals surface area contributed by atoms with E-state index in [-0.39, 0.29) is 41.1 Å². The van der Waals surface area contributed by atoms with E-state index in [1.165, 1.54) is 35.4 Å². The number of nitrogens with zero attached hydrogens (tertiary/aromatic N) is 9. The summed E-state index contributed by atoms with van der Waals surface area (Å²) in [5.41, 5.74) is 5.36. The third-order valence-corrected chi connectivity index (χ3v) is 22.4. The Morgan fingerprint density at radius 1 is 0.489 bits per heavy atom. The monoisotopic (exact) mass is 1290 g/mol. The molecule has 92 heavy (non-hydrogen) atoms. The second kappa shape index (κ2) is 23.4. The highest BCUT2D eigenvalue weighted by atomic mass is 32.1. The van der Waals surface area contributed by atoms with Crippen LogP contribution in [0.25, 0.3) is 33.5 Å². The second-order valence-electron chi connectivity index (χ2n) is 25.4. The second-order valence-corrected chi connectivity index (χ2v) is 29.3. The zero-order valence-corrected chi connectivity index (χ0v) is 54.7. The molecule has 6 aliphatic carbocycles. The lowest BCUT2D eigenvalue weighted by Crippen LogP contribution is -2.36. The van der Waals surface area contributed by atoms with Gasteiger partial charge in [-0.25, -0.2) is 29.9 Å². The van der Waals surface area contributed by atoms with Gasteiger partial charge in [0, 0.05) is 34.8 Å². The maximum absolute atomic E-state index is 12.3. The number of imidazole rings is 3. The van der Waals surface area contributed by atoms with Crippen molar-refractivity contribution in [2.24, 2.45) is 34.0 Å². The Labute approximate surface area is 542 Å². The molecular weight excluding hydrogens is 1230 g/mol. The van der Waals surface area contributed by atoms with Crippen LogP contribution in [0.5, 0.6) is 0 Å². The molecule has 6 aliphatic rings. The van der Waals surface area contributed by atoms with Crippen molar-refractivity contribution < 1.29 is 45.0 Å². The van der Waals surface area contributed by atoms with E-state index >= 15 is 0 Å². The van der Waals surface area contributed by atoms with Gasteiger partial charge in [0.1, 0.15) is 69.3 Å². The summed E-state index contributed by atoms with van der Waals surface area (Å²) in [5, 5.41) is 73.8. The molecule has 9 aromatic rings. The molecule has 474 valence electrons. The molecule has 0 amide bonds. The zero-order chi connectivity index (χ0) is 65.2. The van der Waals surface area contributed by atoms with Gasteiger partial charge in [0.05, 0.1) is 103 Å².